The number of nitrogens with zero attached hydrogens (tertiary/aromatic N) is 2. The molecule has 3 rings (SSSR count). The third kappa shape index (κ3) is 3.68. The Morgan fingerprint density at radius 3 is 2.16 bits per heavy atom. The Balaban J connectivity index is 1.70. The van der Waals surface area contributed by atoms with E-state index in [1.165, 1.54) is 0 Å². The Kier molecular flexibility index (Phi) is 4.55. The lowest BCUT2D eigenvalue weighted by atomic mass is 9.85. The molecule has 2 bridgehead atoms. The van der Waals surface area contributed by atoms with Crippen molar-refractivity contribution in [2.24, 2.45) is 5.92 Å². The molecule has 2 fully saturated rings. The maximum atomic E-state index is 12.8. The molecule has 0 spiro atoms. The van der Waals surface area contributed by atoms with Crippen LogP contribution in [0.15, 0.2) is 24.3 Å². The SMILES string of the molecule is CC(C)(C)OC(=O)N1C2CCC1CC(C(=O)c1ccc(C#N)cc1)C2. The molecule has 2 atom stereocenters. The molecule has 25 heavy (non-hydrogen) atoms. The van der Waals surface area contributed by atoms with Gasteiger partial charge < -0.3 is 9.64 Å². The van der Waals surface area contributed by atoms with Crippen LogP contribution in [0.1, 0.15) is 62.4 Å². The predicted molar refractivity (Wildman–Crippen MR) is 93.1 cm³/mol. The smallest absolute Gasteiger partial charge is 0.410 e. The van der Waals surface area contributed by atoms with Gasteiger partial charge in [0.2, 0.25) is 0 Å². The number of benzene rings is 1. The van der Waals surface area contributed by atoms with E-state index in [0.717, 1.165) is 12.8 Å². The van der Waals surface area contributed by atoms with E-state index in [2.05, 4.69) is 6.07 Å². The minimum Gasteiger partial charge on any atom is -0.444 e. The average molecular weight is 340 g/mol. The lowest BCUT2D eigenvalue weighted by Gasteiger charge is -2.39. The maximum Gasteiger partial charge on any atom is 0.410 e. The zero-order chi connectivity index (χ0) is 18.2. The van der Waals surface area contributed by atoms with Crippen molar-refractivity contribution < 1.29 is 14.3 Å². The lowest BCUT2D eigenvalue weighted by Crippen LogP contribution is -2.49. The zero-order valence-electron chi connectivity index (χ0n) is 15.0. The molecule has 2 aliphatic rings. The molecule has 1 amide bonds. The molecule has 1 aromatic rings. The quantitative estimate of drug-likeness (QED) is 0.765. The Labute approximate surface area is 148 Å². The summed E-state index contributed by atoms with van der Waals surface area (Å²) in [5.74, 6) is 0.0503. The molecular weight excluding hydrogens is 316 g/mol. The second-order valence-electron chi connectivity index (χ2n) is 7.99. The minimum absolute atomic E-state index is 0.0656. The summed E-state index contributed by atoms with van der Waals surface area (Å²) >= 11 is 0. The van der Waals surface area contributed by atoms with Crippen molar-refractivity contribution in [2.45, 2.75) is 64.1 Å². The fourth-order valence-corrected chi connectivity index (χ4v) is 3.95. The monoisotopic (exact) mass is 340 g/mol. The van der Waals surface area contributed by atoms with Crippen LogP contribution in [-0.4, -0.2) is 34.5 Å². The molecule has 0 aromatic heterocycles. The van der Waals surface area contributed by atoms with Gasteiger partial charge in [0.05, 0.1) is 11.6 Å². The molecule has 1 aromatic carbocycles. The van der Waals surface area contributed by atoms with E-state index in [-0.39, 0.29) is 29.9 Å². The van der Waals surface area contributed by atoms with Crippen LogP contribution < -0.4 is 0 Å². The molecule has 132 valence electrons. The Morgan fingerprint density at radius 1 is 1.12 bits per heavy atom. The summed E-state index contributed by atoms with van der Waals surface area (Å²) in [5, 5.41) is 8.87. The summed E-state index contributed by atoms with van der Waals surface area (Å²) in [6.07, 6.45) is 2.98. The number of hydrogen-bond donors (Lipinski definition) is 0. The van der Waals surface area contributed by atoms with Gasteiger partial charge in [-0.1, -0.05) is 12.1 Å². The van der Waals surface area contributed by atoms with Crippen molar-refractivity contribution in [3.63, 3.8) is 0 Å². The molecule has 0 radical (unpaired) electrons. The fraction of sp³-hybridized carbons (Fsp3) is 0.550. The normalized spacial score (nSPS) is 25.4. The molecule has 2 heterocycles. The summed E-state index contributed by atoms with van der Waals surface area (Å²) in [6, 6.07) is 9.04. The van der Waals surface area contributed by atoms with Gasteiger partial charge in [-0.05, 0) is 58.6 Å². The first-order valence-electron chi connectivity index (χ1n) is 8.84. The summed E-state index contributed by atoms with van der Waals surface area (Å²) < 4.78 is 5.54. The first-order chi connectivity index (χ1) is 11.8. The average Bonchev–Trinajstić information content (AvgIpc) is 2.83. The van der Waals surface area contributed by atoms with Crippen LogP contribution in [-0.2, 0) is 4.74 Å². The number of hydrogen-bond acceptors (Lipinski definition) is 4. The van der Waals surface area contributed by atoms with Crippen molar-refractivity contribution in [3.05, 3.63) is 35.4 Å². The lowest BCUT2D eigenvalue weighted by molar-refractivity contribution is 0.00254. The van der Waals surface area contributed by atoms with Gasteiger partial charge >= 0.3 is 6.09 Å². The van der Waals surface area contributed by atoms with Gasteiger partial charge in [0.15, 0.2) is 5.78 Å². The highest BCUT2D eigenvalue weighted by atomic mass is 16.6. The van der Waals surface area contributed by atoms with E-state index in [0.29, 0.717) is 24.0 Å². The van der Waals surface area contributed by atoms with Crippen molar-refractivity contribution >= 4 is 11.9 Å². The number of rotatable bonds is 2. The Morgan fingerprint density at radius 2 is 1.68 bits per heavy atom. The maximum absolute atomic E-state index is 12.8. The van der Waals surface area contributed by atoms with Gasteiger partial charge in [0.1, 0.15) is 5.60 Å². The van der Waals surface area contributed by atoms with Crippen LogP contribution in [0.2, 0.25) is 0 Å². The van der Waals surface area contributed by atoms with Crippen LogP contribution in [0.25, 0.3) is 0 Å². The largest absolute Gasteiger partial charge is 0.444 e. The van der Waals surface area contributed by atoms with Gasteiger partial charge in [0, 0.05) is 23.6 Å². The van der Waals surface area contributed by atoms with E-state index < -0.39 is 5.60 Å². The van der Waals surface area contributed by atoms with Crippen LogP contribution in [0.3, 0.4) is 0 Å². The highest BCUT2D eigenvalue weighted by Crippen LogP contribution is 2.40. The molecule has 0 saturated carbocycles. The van der Waals surface area contributed by atoms with E-state index >= 15 is 0 Å². The number of piperidine rings is 1. The number of carbonyl (C=O) groups excluding carboxylic acids is 2. The molecule has 2 aliphatic heterocycles. The van der Waals surface area contributed by atoms with Crippen LogP contribution in [0, 0.1) is 17.2 Å². The second-order valence-corrected chi connectivity index (χ2v) is 7.99. The molecular formula is C20H24N2O3. The molecule has 2 saturated heterocycles. The molecule has 0 aliphatic carbocycles. The molecule has 0 N–H and O–H groups in total. The number of ketones is 1. The summed E-state index contributed by atoms with van der Waals surface area (Å²) in [5.41, 5.74) is 0.691. The first-order valence-corrected chi connectivity index (χ1v) is 8.84. The van der Waals surface area contributed by atoms with Crippen molar-refractivity contribution in [1.29, 1.82) is 5.26 Å². The first kappa shape index (κ1) is 17.5. The van der Waals surface area contributed by atoms with Crippen LogP contribution in [0.4, 0.5) is 4.79 Å². The van der Waals surface area contributed by atoms with Crippen molar-refractivity contribution in [1.82, 2.24) is 4.90 Å². The molecule has 2 unspecified atom stereocenters. The van der Waals surface area contributed by atoms with E-state index in [9.17, 15) is 9.59 Å². The summed E-state index contributed by atoms with van der Waals surface area (Å²) in [6.45, 7) is 5.61. The standard InChI is InChI=1S/C20H24N2O3/c1-20(2,3)25-19(24)22-16-8-9-17(22)11-15(10-16)18(23)14-6-4-13(12-21)5-7-14/h4-7,15-17H,8-11H2,1-3H3. The Bertz CT molecular complexity index is 698. The number of fused-ring (bicyclic) bond motifs is 2. The highest BCUT2D eigenvalue weighted by molar-refractivity contribution is 5.98. The summed E-state index contributed by atoms with van der Waals surface area (Å²) in [7, 11) is 0. The highest BCUT2D eigenvalue weighted by Gasteiger charge is 2.46. The topological polar surface area (TPSA) is 70.4 Å². The molecule has 5 nitrogen and oxygen atoms in total. The van der Waals surface area contributed by atoms with Crippen molar-refractivity contribution in [2.75, 3.05) is 0 Å². The number of amides is 1. The molecule has 5 heteroatoms. The number of carbonyl (C=O) groups is 2. The zero-order valence-corrected chi connectivity index (χ0v) is 15.0. The third-order valence-corrected chi connectivity index (χ3v) is 5.01. The van der Waals surface area contributed by atoms with Gasteiger partial charge in [-0.15, -0.1) is 0 Å². The Hall–Kier alpha value is -2.35. The fourth-order valence-electron chi connectivity index (χ4n) is 3.95. The second kappa shape index (κ2) is 6.51. The minimum atomic E-state index is -0.508. The van der Waals surface area contributed by atoms with Crippen LogP contribution in [0.5, 0.6) is 0 Å². The van der Waals surface area contributed by atoms with E-state index in [4.69, 9.17) is 10.00 Å². The number of nitriles is 1. The van der Waals surface area contributed by atoms with Crippen LogP contribution >= 0.6 is 0 Å². The van der Waals surface area contributed by atoms with Gasteiger partial charge in [-0.25, -0.2) is 4.79 Å². The third-order valence-electron chi connectivity index (χ3n) is 5.01. The van der Waals surface area contributed by atoms with Gasteiger partial charge in [0.25, 0.3) is 0 Å². The van der Waals surface area contributed by atoms with Gasteiger partial charge in [-0.2, -0.15) is 5.26 Å². The van der Waals surface area contributed by atoms with Crippen molar-refractivity contribution in [3.8, 4) is 6.07 Å². The predicted octanol–water partition coefficient (Wildman–Crippen LogP) is 3.92. The van der Waals surface area contributed by atoms with E-state index in [1.54, 1.807) is 24.3 Å². The number of Topliss-reactive ketones (excluding diaryl/α,β-unsaturated/α-hetero) is 1. The van der Waals surface area contributed by atoms with Gasteiger partial charge in [-0.3, -0.25) is 4.79 Å². The number of ether oxygens (including phenoxy) is 1. The van der Waals surface area contributed by atoms with E-state index in [1.807, 2.05) is 25.7 Å². The summed E-state index contributed by atoms with van der Waals surface area (Å²) in [4.78, 5) is 27.1.